The minimum atomic E-state index is -4.67. The van der Waals surface area contributed by atoms with E-state index in [1.807, 2.05) is 0 Å². The molecule has 0 bridgehead atoms. The van der Waals surface area contributed by atoms with Crippen molar-refractivity contribution in [1.29, 1.82) is 5.26 Å². The Balaban J connectivity index is 2.27. The standard InChI is InChI=1S/C13H12F4N2/c14-9-3-4-10(11(5-9)13(15,16)17)12(6-18)19-7-8-1-2-8/h3-5,8,12,19H,1-2,7H2. The largest absolute Gasteiger partial charge is 0.416 e. The number of nitrogens with one attached hydrogen (secondary N) is 1. The highest BCUT2D eigenvalue weighted by Crippen LogP contribution is 2.35. The number of alkyl halides is 3. The van der Waals surface area contributed by atoms with Gasteiger partial charge in [0.05, 0.1) is 11.6 Å². The Labute approximate surface area is 108 Å². The van der Waals surface area contributed by atoms with Gasteiger partial charge in [0.15, 0.2) is 0 Å². The van der Waals surface area contributed by atoms with Crippen LogP contribution in [0.4, 0.5) is 17.6 Å². The maximum atomic E-state index is 13.0. The number of halogens is 4. The van der Waals surface area contributed by atoms with Crippen LogP contribution in [0.2, 0.25) is 0 Å². The van der Waals surface area contributed by atoms with E-state index in [9.17, 15) is 17.6 Å². The van der Waals surface area contributed by atoms with Crippen molar-refractivity contribution >= 4 is 0 Å². The van der Waals surface area contributed by atoms with Crippen LogP contribution >= 0.6 is 0 Å². The predicted octanol–water partition coefficient (Wildman–Crippen LogP) is 3.41. The molecule has 1 atom stereocenters. The number of nitrogens with zero attached hydrogens (tertiary/aromatic N) is 1. The normalized spacial score (nSPS) is 17.0. The minimum Gasteiger partial charge on any atom is -0.298 e. The van der Waals surface area contributed by atoms with Crippen molar-refractivity contribution in [2.24, 2.45) is 5.92 Å². The summed E-state index contributed by atoms with van der Waals surface area (Å²) in [6, 6.07) is 3.12. The molecule has 1 aliphatic rings. The van der Waals surface area contributed by atoms with E-state index in [2.05, 4.69) is 5.32 Å². The van der Waals surface area contributed by atoms with Gasteiger partial charge in [0, 0.05) is 0 Å². The van der Waals surface area contributed by atoms with Gasteiger partial charge in [-0.2, -0.15) is 18.4 Å². The van der Waals surface area contributed by atoms with Gasteiger partial charge >= 0.3 is 6.18 Å². The fraction of sp³-hybridized carbons (Fsp3) is 0.462. The van der Waals surface area contributed by atoms with Gasteiger partial charge in [-0.1, -0.05) is 6.07 Å². The number of benzene rings is 1. The smallest absolute Gasteiger partial charge is 0.298 e. The molecular formula is C13H12F4N2. The second-order valence-corrected chi connectivity index (χ2v) is 4.64. The minimum absolute atomic E-state index is 0.225. The first-order chi connectivity index (χ1) is 8.91. The Bertz CT molecular complexity index is 500. The van der Waals surface area contributed by atoms with Crippen LogP contribution in [-0.2, 0) is 6.18 Å². The quantitative estimate of drug-likeness (QED) is 0.853. The lowest BCUT2D eigenvalue weighted by molar-refractivity contribution is -0.138. The molecule has 0 amide bonds. The van der Waals surface area contributed by atoms with Gasteiger partial charge in [-0.15, -0.1) is 0 Å². The Morgan fingerprint density at radius 2 is 2.05 bits per heavy atom. The van der Waals surface area contributed by atoms with Crippen molar-refractivity contribution < 1.29 is 17.6 Å². The van der Waals surface area contributed by atoms with Crippen LogP contribution in [0.3, 0.4) is 0 Å². The molecule has 1 unspecified atom stereocenters. The fourth-order valence-corrected chi connectivity index (χ4v) is 1.86. The number of nitriles is 1. The van der Waals surface area contributed by atoms with Crippen molar-refractivity contribution in [3.63, 3.8) is 0 Å². The van der Waals surface area contributed by atoms with Crippen LogP contribution in [0.5, 0.6) is 0 Å². The van der Waals surface area contributed by atoms with Gasteiger partial charge < -0.3 is 0 Å². The molecule has 0 spiro atoms. The summed E-state index contributed by atoms with van der Waals surface area (Å²) in [7, 11) is 0. The van der Waals surface area contributed by atoms with Crippen molar-refractivity contribution in [1.82, 2.24) is 5.32 Å². The molecule has 2 rings (SSSR count). The second kappa shape index (κ2) is 5.17. The van der Waals surface area contributed by atoms with E-state index in [1.165, 1.54) is 0 Å². The van der Waals surface area contributed by atoms with E-state index in [0.717, 1.165) is 25.0 Å². The lowest BCUT2D eigenvalue weighted by atomic mass is 10.00. The zero-order chi connectivity index (χ0) is 14.0. The summed E-state index contributed by atoms with van der Waals surface area (Å²) in [6.07, 6.45) is -2.62. The molecule has 1 aromatic carbocycles. The maximum Gasteiger partial charge on any atom is 0.416 e. The average molecular weight is 272 g/mol. The van der Waals surface area contributed by atoms with Crippen LogP contribution in [-0.4, -0.2) is 6.54 Å². The average Bonchev–Trinajstić information content (AvgIpc) is 3.14. The van der Waals surface area contributed by atoms with Crippen LogP contribution in [0.25, 0.3) is 0 Å². The van der Waals surface area contributed by atoms with E-state index in [1.54, 1.807) is 6.07 Å². The highest BCUT2D eigenvalue weighted by Gasteiger charge is 2.36. The molecule has 2 nitrogen and oxygen atoms in total. The Morgan fingerprint density at radius 3 is 2.58 bits per heavy atom. The first-order valence-corrected chi connectivity index (χ1v) is 5.91. The van der Waals surface area contributed by atoms with Gasteiger partial charge in [-0.3, -0.25) is 5.32 Å². The van der Waals surface area contributed by atoms with Crippen molar-refractivity contribution in [3.8, 4) is 6.07 Å². The highest BCUT2D eigenvalue weighted by atomic mass is 19.4. The summed E-state index contributed by atoms with van der Waals surface area (Å²) in [4.78, 5) is 0. The third-order valence-electron chi connectivity index (χ3n) is 3.07. The van der Waals surface area contributed by atoms with Gasteiger partial charge in [-0.25, -0.2) is 4.39 Å². The molecule has 1 aromatic rings. The zero-order valence-electron chi connectivity index (χ0n) is 9.97. The van der Waals surface area contributed by atoms with Gasteiger partial charge in [0.25, 0.3) is 0 Å². The molecule has 0 saturated heterocycles. The molecule has 1 fully saturated rings. The van der Waals surface area contributed by atoms with Crippen LogP contribution < -0.4 is 5.32 Å². The van der Waals surface area contributed by atoms with Gasteiger partial charge in [-0.05, 0) is 43.0 Å². The van der Waals surface area contributed by atoms with E-state index in [-0.39, 0.29) is 5.56 Å². The molecule has 19 heavy (non-hydrogen) atoms. The number of hydrogen-bond donors (Lipinski definition) is 1. The van der Waals surface area contributed by atoms with Crippen molar-refractivity contribution in [2.75, 3.05) is 6.54 Å². The number of hydrogen-bond acceptors (Lipinski definition) is 2. The molecule has 1 saturated carbocycles. The summed E-state index contributed by atoms with van der Waals surface area (Å²) in [5, 5.41) is 11.8. The monoisotopic (exact) mass is 272 g/mol. The summed E-state index contributed by atoms with van der Waals surface area (Å²) >= 11 is 0. The Hall–Kier alpha value is -1.61. The van der Waals surface area contributed by atoms with Gasteiger partial charge in [0.2, 0.25) is 0 Å². The summed E-state index contributed by atoms with van der Waals surface area (Å²) in [6.45, 7) is 0.507. The topological polar surface area (TPSA) is 35.8 Å². The third-order valence-corrected chi connectivity index (χ3v) is 3.07. The van der Waals surface area contributed by atoms with E-state index in [0.29, 0.717) is 18.5 Å². The molecule has 0 aromatic heterocycles. The van der Waals surface area contributed by atoms with E-state index >= 15 is 0 Å². The molecule has 6 heteroatoms. The predicted molar refractivity (Wildman–Crippen MR) is 60.5 cm³/mol. The molecule has 0 aliphatic heterocycles. The first kappa shape index (κ1) is 13.8. The molecule has 102 valence electrons. The highest BCUT2D eigenvalue weighted by molar-refractivity contribution is 5.36. The summed E-state index contributed by atoms with van der Waals surface area (Å²) in [5.41, 5.74) is -1.32. The van der Waals surface area contributed by atoms with Gasteiger partial charge in [0.1, 0.15) is 11.9 Å². The molecular weight excluding hydrogens is 260 g/mol. The van der Waals surface area contributed by atoms with E-state index in [4.69, 9.17) is 5.26 Å². The molecule has 0 radical (unpaired) electrons. The lowest BCUT2D eigenvalue weighted by Gasteiger charge is -2.17. The number of rotatable bonds is 4. The third kappa shape index (κ3) is 3.44. The first-order valence-electron chi connectivity index (χ1n) is 5.91. The van der Waals surface area contributed by atoms with Crippen molar-refractivity contribution in [2.45, 2.75) is 25.1 Å². The Morgan fingerprint density at radius 1 is 1.37 bits per heavy atom. The summed E-state index contributed by atoms with van der Waals surface area (Å²) < 4.78 is 51.5. The zero-order valence-corrected chi connectivity index (χ0v) is 9.97. The molecule has 1 aliphatic carbocycles. The van der Waals surface area contributed by atoms with Crippen LogP contribution in [0.15, 0.2) is 18.2 Å². The SMILES string of the molecule is N#CC(NCC1CC1)c1ccc(F)cc1C(F)(F)F. The fourth-order valence-electron chi connectivity index (χ4n) is 1.86. The summed E-state index contributed by atoms with van der Waals surface area (Å²) in [5.74, 6) is -0.527. The maximum absolute atomic E-state index is 13.0. The Kier molecular flexibility index (Phi) is 3.76. The van der Waals surface area contributed by atoms with E-state index < -0.39 is 23.6 Å². The lowest BCUT2D eigenvalue weighted by Crippen LogP contribution is -2.25. The second-order valence-electron chi connectivity index (χ2n) is 4.64. The van der Waals surface area contributed by atoms with Crippen molar-refractivity contribution in [3.05, 3.63) is 35.1 Å². The molecule has 0 heterocycles. The molecule has 1 N–H and O–H groups in total. The van der Waals surface area contributed by atoms with Crippen LogP contribution in [0.1, 0.15) is 30.0 Å². The van der Waals surface area contributed by atoms with Crippen LogP contribution in [0, 0.1) is 23.1 Å².